The molecule has 2 heterocycles. The first-order valence-electron chi connectivity index (χ1n) is 9.08. The molecule has 5 nitrogen and oxygen atoms in total. The first kappa shape index (κ1) is 17.4. The highest BCUT2D eigenvalue weighted by atomic mass is 19.1. The van der Waals surface area contributed by atoms with E-state index < -0.39 is 0 Å². The molecule has 0 bridgehead atoms. The number of hydrogen-bond acceptors (Lipinski definition) is 5. The molecule has 0 saturated carbocycles. The molecule has 2 aromatic carbocycles. The highest BCUT2D eigenvalue weighted by Gasteiger charge is 2.18. The Bertz CT molecular complexity index is 907. The Morgan fingerprint density at radius 1 is 0.889 bits per heavy atom. The highest BCUT2D eigenvalue weighted by molar-refractivity contribution is 5.67. The van der Waals surface area contributed by atoms with Crippen molar-refractivity contribution in [3.8, 4) is 11.3 Å². The summed E-state index contributed by atoms with van der Waals surface area (Å²) in [5.74, 6) is 0.949. The van der Waals surface area contributed by atoms with Crippen LogP contribution in [-0.2, 0) is 0 Å². The van der Waals surface area contributed by atoms with Crippen LogP contribution in [0.5, 0.6) is 0 Å². The van der Waals surface area contributed by atoms with E-state index in [1.807, 2.05) is 36.4 Å². The van der Waals surface area contributed by atoms with Gasteiger partial charge in [-0.15, -0.1) is 0 Å². The molecule has 0 aliphatic carbocycles. The van der Waals surface area contributed by atoms with E-state index in [0.717, 1.165) is 37.4 Å². The number of aromatic nitrogens is 2. The molecule has 3 aromatic rings. The molecule has 0 unspecified atom stereocenters. The molecule has 1 aliphatic rings. The van der Waals surface area contributed by atoms with Gasteiger partial charge in [0.15, 0.2) is 0 Å². The van der Waals surface area contributed by atoms with Gasteiger partial charge in [-0.25, -0.2) is 9.37 Å². The van der Waals surface area contributed by atoms with Gasteiger partial charge in [-0.05, 0) is 19.2 Å². The van der Waals surface area contributed by atoms with Crippen molar-refractivity contribution in [3.05, 3.63) is 66.5 Å². The summed E-state index contributed by atoms with van der Waals surface area (Å²) >= 11 is 0. The van der Waals surface area contributed by atoms with Gasteiger partial charge in [0.2, 0.25) is 5.95 Å². The Hall–Kier alpha value is -2.99. The summed E-state index contributed by atoms with van der Waals surface area (Å²) in [4.78, 5) is 13.9. The Balaban J connectivity index is 1.71. The minimum Gasteiger partial charge on any atom is -0.338 e. The van der Waals surface area contributed by atoms with Crippen molar-refractivity contribution in [2.45, 2.75) is 0 Å². The van der Waals surface area contributed by atoms with E-state index >= 15 is 0 Å². The second-order valence-electron chi connectivity index (χ2n) is 6.70. The van der Waals surface area contributed by atoms with E-state index in [0.29, 0.717) is 17.5 Å². The summed E-state index contributed by atoms with van der Waals surface area (Å²) in [6.45, 7) is 3.67. The van der Waals surface area contributed by atoms with Crippen molar-refractivity contribution < 1.29 is 4.39 Å². The fourth-order valence-corrected chi connectivity index (χ4v) is 3.10. The SMILES string of the molecule is CN1CCN(c2nc(Nc3ccccc3F)cc(-c3ccccc3)n2)CC1. The first-order chi connectivity index (χ1) is 13.2. The molecule has 0 amide bonds. The van der Waals surface area contributed by atoms with Crippen LogP contribution in [0.4, 0.5) is 21.8 Å². The lowest BCUT2D eigenvalue weighted by atomic mass is 10.1. The van der Waals surface area contributed by atoms with Crippen LogP contribution in [0.3, 0.4) is 0 Å². The molecule has 0 radical (unpaired) electrons. The Labute approximate surface area is 158 Å². The average molecular weight is 363 g/mol. The Morgan fingerprint density at radius 3 is 2.33 bits per heavy atom. The van der Waals surface area contributed by atoms with Gasteiger partial charge < -0.3 is 15.1 Å². The van der Waals surface area contributed by atoms with E-state index in [1.165, 1.54) is 6.07 Å². The molecular weight excluding hydrogens is 341 g/mol. The number of benzene rings is 2. The molecular formula is C21H22FN5. The fraction of sp³-hybridized carbons (Fsp3) is 0.238. The average Bonchev–Trinajstić information content (AvgIpc) is 2.71. The van der Waals surface area contributed by atoms with Crippen molar-refractivity contribution in [2.75, 3.05) is 43.4 Å². The maximum absolute atomic E-state index is 14.1. The molecule has 138 valence electrons. The van der Waals surface area contributed by atoms with Crippen LogP contribution < -0.4 is 10.2 Å². The van der Waals surface area contributed by atoms with Crippen LogP contribution in [0, 0.1) is 5.82 Å². The van der Waals surface area contributed by atoms with Crippen molar-refractivity contribution in [1.29, 1.82) is 0 Å². The quantitative estimate of drug-likeness (QED) is 0.764. The maximum atomic E-state index is 14.1. The van der Waals surface area contributed by atoms with Crippen LogP contribution in [0.2, 0.25) is 0 Å². The summed E-state index contributed by atoms with van der Waals surface area (Å²) in [7, 11) is 2.11. The molecule has 1 aliphatic heterocycles. The molecule has 1 fully saturated rings. The lowest BCUT2D eigenvalue weighted by molar-refractivity contribution is 0.311. The number of halogens is 1. The lowest BCUT2D eigenvalue weighted by Crippen LogP contribution is -2.45. The zero-order chi connectivity index (χ0) is 18.6. The minimum absolute atomic E-state index is 0.307. The van der Waals surface area contributed by atoms with Gasteiger partial charge in [0.25, 0.3) is 0 Å². The van der Waals surface area contributed by atoms with Gasteiger partial charge in [-0.1, -0.05) is 42.5 Å². The second-order valence-corrected chi connectivity index (χ2v) is 6.70. The van der Waals surface area contributed by atoms with Gasteiger partial charge in [0.05, 0.1) is 11.4 Å². The molecule has 1 aromatic heterocycles. The maximum Gasteiger partial charge on any atom is 0.227 e. The predicted molar refractivity (Wildman–Crippen MR) is 107 cm³/mol. The van der Waals surface area contributed by atoms with Crippen molar-refractivity contribution in [2.24, 2.45) is 0 Å². The topological polar surface area (TPSA) is 44.3 Å². The fourth-order valence-electron chi connectivity index (χ4n) is 3.10. The largest absolute Gasteiger partial charge is 0.338 e. The normalized spacial score (nSPS) is 15.0. The molecule has 27 heavy (non-hydrogen) atoms. The van der Waals surface area contributed by atoms with Crippen LogP contribution in [0.15, 0.2) is 60.7 Å². The zero-order valence-electron chi connectivity index (χ0n) is 15.3. The Kier molecular flexibility index (Phi) is 4.98. The van der Waals surface area contributed by atoms with Gasteiger partial charge in [-0.2, -0.15) is 4.98 Å². The smallest absolute Gasteiger partial charge is 0.227 e. The third-order valence-corrected chi connectivity index (χ3v) is 4.71. The standard InChI is InChI=1S/C21H22FN5/c1-26-11-13-27(14-12-26)21-24-19(16-7-3-2-4-8-16)15-20(25-21)23-18-10-6-5-9-17(18)22/h2-10,15H,11-14H2,1H3,(H,23,24,25). The summed E-state index contributed by atoms with van der Waals surface area (Å²) in [5, 5.41) is 3.11. The van der Waals surface area contributed by atoms with Gasteiger partial charge in [0.1, 0.15) is 11.6 Å². The van der Waals surface area contributed by atoms with Crippen molar-refractivity contribution in [1.82, 2.24) is 14.9 Å². The molecule has 1 saturated heterocycles. The highest BCUT2D eigenvalue weighted by Crippen LogP contribution is 2.26. The number of likely N-dealkylation sites (N-methyl/N-ethyl adjacent to an activating group) is 1. The Morgan fingerprint density at radius 2 is 1.59 bits per heavy atom. The van der Waals surface area contributed by atoms with E-state index in [4.69, 9.17) is 4.98 Å². The van der Waals surface area contributed by atoms with Gasteiger partial charge in [-0.3, -0.25) is 0 Å². The van der Waals surface area contributed by atoms with E-state index in [2.05, 4.69) is 27.1 Å². The van der Waals surface area contributed by atoms with Gasteiger partial charge >= 0.3 is 0 Å². The minimum atomic E-state index is -0.307. The summed E-state index contributed by atoms with van der Waals surface area (Å²) in [6, 6.07) is 18.4. The van der Waals surface area contributed by atoms with E-state index in [1.54, 1.807) is 18.2 Å². The van der Waals surface area contributed by atoms with Crippen LogP contribution in [0.1, 0.15) is 0 Å². The number of rotatable bonds is 4. The van der Waals surface area contributed by atoms with Crippen LogP contribution >= 0.6 is 0 Å². The summed E-state index contributed by atoms with van der Waals surface area (Å²) < 4.78 is 14.1. The monoisotopic (exact) mass is 363 g/mol. The van der Waals surface area contributed by atoms with Crippen LogP contribution in [-0.4, -0.2) is 48.1 Å². The summed E-state index contributed by atoms with van der Waals surface area (Å²) in [6.07, 6.45) is 0. The molecule has 4 rings (SSSR count). The van der Waals surface area contributed by atoms with E-state index in [-0.39, 0.29) is 5.82 Å². The van der Waals surface area contributed by atoms with E-state index in [9.17, 15) is 4.39 Å². The van der Waals surface area contributed by atoms with Crippen molar-refractivity contribution >= 4 is 17.5 Å². The number of para-hydroxylation sites is 1. The molecule has 0 atom stereocenters. The lowest BCUT2D eigenvalue weighted by Gasteiger charge is -2.32. The number of anilines is 3. The van der Waals surface area contributed by atoms with Crippen LogP contribution in [0.25, 0.3) is 11.3 Å². The van der Waals surface area contributed by atoms with Crippen molar-refractivity contribution in [3.63, 3.8) is 0 Å². The molecule has 1 N–H and O–H groups in total. The third-order valence-electron chi connectivity index (χ3n) is 4.71. The number of piperazine rings is 1. The predicted octanol–water partition coefficient (Wildman–Crippen LogP) is 3.78. The summed E-state index contributed by atoms with van der Waals surface area (Å²) in [5.41, 5.74) is 2.23. The zero-order valence-corrected chi connectivity index (χ0v) is 15.3. The number of nitrogens with zero attached hydrogens (tertiary/aromatic N) is 4. The molecule has 0 spiro atoms. The first-order valence-corrected chi connectivity index (χ1v) is 9.08. The number of nitrogens with one attached hydrogen (secondary N) is 1. The van der Waals surface area contributed by atoms with Gasteiger partial charge in [0, 0.05) is 37.8 Å². The number of hydrogen-bond donors (Lipinski definition) is 1. The molecule has 6 heteroatoms. The third kappa shape index (κ3) is 4.06. The second kappa shape index (κ2) is 7.72.